The van der Waals surface area contributed by atoms with Gasteiger partial charge < -0.3 is 24.3 Å². The van der Waals surface area contributed by atoms with Gasteiger partial charge in [-0.15, -0.1) is 0 Å². The molecule has 0 aliphatic carbocycles. The molecule has 0 saturated heterocycles. The van der Waals surface area contributed by atoms with Gasteiger partial charge in [0.2, 0.25) is 0 Å². The molecule has 176 valence electrons. The number of carbonyl (C=O) groups excluding carboxylic acids is 1. The van der Waals surface area contributed by atoms with Crippen LogP contribution in [-0.2, 0) is 10.0 Å². The summed E-state index contributed by atoms with van der Waals surface area (Å²) >= 11 is 0. The molecule has 34 heavy (non-hydrogen) atoms. The Morgan fingerprint density at radius 2 is 1.56 bits per heavy atom. The van der Waals surface area contributed by atoms with E-state index in [1.807, 2.05) is 24.3 Å². The lowest BCUT2D eigenvalue weighted by atomic mass is 10.2. The van der Waals surface area contributed by atoms with Crippen molar-refractivity contribution < 1.29 is 32.2 Å². The zero-order chi connectivity index (χ0) is 23.5. The van der Waals surface area contributed by atoms with Crippen LogP contribution in [0.4, 0.5) is 5.69 Å². The fourth-order valence-corrected chi connectivity index (χ4v) is 4.64. The largest absolute Gasteiger partial charge is 0.486 e. The molecule has 2 aliphatic rings. The van der Waals surface area contributed by atoms with E-state index in [9.17, 15) is 13.2 Å². The van der Waals surface area contributed by atoms with Crippen molar-refractivity contribution in [3.63, 3.8) is 0 Å². The molecule has 1 atom stereocenters. The number of hydrogen-bond donors (Lipinski definition) is 2. The Labute approximate surface area is 196 Å². The van der Waals surface area contributed by atoms with Crippen molar-refractivity contribution in [3.05, 3.63) is 72.3 Å². The molecule has 0 aromatic heterocycles. The molecular formula is C24H22N2O7S. The van der Waals surface area contributed by atoms with Crippen LogP contribution in [0.25, 0.3) is 0 Å². The average molecular weight is 483 g/mol. The average Bonchev–Trinajstić information content (AvgIpc) is 2.87. The summed E-state index contributed by atoms with van der Waals surface area (Å²) in [5, 5.41) is 2.81. The van der Waals surface area contributed by atoms with Crippen molar-refractivity contribution >= 4 is 21.6 Å². The van der Waals surface area contributed by atoms with Gasteiger partial charge in [0, 0.05) is 17.3 Å². The van der Waals surface area contributed by atoms with Crippen molar-refractivity contribution in [1.29, 1.82) is 0 Å². The number of rotatable bonds is 6. The summed E-state index contributed by atoms with van der Waals surface area (Å²) in [6.07, 6.45) is -0.309. The van der Waals surface area contributed by atoms with Crippen molar-refractivity contribution in [2.24, 2.45) is 0 Å². The Balaban J connectivity index is 1.18. The van der Waals surface area contributed by atoms with Crippen LogP contribution in [-0.4, -0.2) is 46.8 Å². The van der Waals surface area contributed by atoms with Gasteiger partial charge in [-0.1, -0.05) is 12.1 Å². The van der Waals surface area contributed by atoms with Crippen molar-refractivity contribution in [2.45, 2.75) is 11.0 Å². The third kappa shape index (κ3) is 4.72. The maximum atomic E-state index is 12.8. The number of anilines is 1. The third-order valence-electron chi connectivity index (χ3n) is 5.28. The first-order valence-electron chi connectivity index (χ1n) is 10.7. The normalized spacial score (nSPS) is 16.4. The zero-order valence-corrected chi connectivity index (χ0v) is 18.8. The second-order valence-electron chi connectivity index (χ2n) is 7.70. The Morgan fingerprint density at radius 3 is 2.35 bits per heavy atom. The first kappa shape index (κ1) is 21.9. The molecule has 10 heteroatoms. The fourth-order valence-electron chi connectivity index (χ4n) is 3.57. The topological polar surface area (TPSA) is 112 Å². The molecule has 0 fully saturated rings. The molecule has 0 saturated carbocycles. The van der Waals surface area contributed by atoms with Crippen LogP contribution in [0.5, 0.6) is 23.0 Å². The van der Waals surface area contributed by atoms with Gasteiger partial charge in [0.25, 0.3) is 15.9 Å². The highest BCUT2D eigenvalue weighted by Crippen LogP contribution is 2.33. The van der Waals surface area contributed by atoms with Gasteiger partial charge in [-0.25, -0.2) is 8.42 Å². The molecule has 5 rings (SSSR count). The van der Waals surface area contributed by atoms with Gasteiger partial charge in [0.15, 0.2) is 23.0 Å². The fraction of sp³-hybridized carbons (Fsp3) is 0.208. The molecule has 0 bridgehead atoms. The van der Waals surface area contributed by atoms with Crippen LogP contribution in [0.1, 0.15) is 10.4 Å². The molecule has 9 nitrogen and oxygen atoms in total. The van der Waals surface area contributed by atoms with Crippen LogP contribution in [0.15, 0.2) is 71.6 Å². The van der Waals surface area contributed by atoms with E-state index in [0.29, 0.717) is 54.1 Å². The lowest BCUT2D eigenvalue weighted by Crippen LogP contribution is -2.40. The monoisotopic (exact) mass is 482 g/mol. The number of fused-ring (bicyclic) bond motifs is 2. The Hall–Kier alpha value is -3.92. The standard InChI is InChI=1S/C24H22N2O7S/c27-24(25-14-18-15-32-20-3-1-2-4-22(20)33-18)16-5-7-17(8-6-16)26-34(28,29)19-9-10-21-23(13-19)31-12-11-30-21/h1-10,13,18,26H,11-12,14-15H2,(H,25,27)/t18-/m1/s1. The van der Waals surface area contributed by atoms with Gasteiger partial charge in [-0.05, 0) is 48.5 Å². The molecular weight excluding hydrogens is 460 g/mol. The summed E-state index contributed by atoms with van der Waals surface area (Å²) in [5.41, 5.74) is 0.714. The highest BCUT2D eigenvalue weighted by molar-refractivity contribution is 7.92. The number of ether oxygens (including phenoxy) is 4. The third-order valence-corrected chi connectivity index (χ3v) is 6.66. The molecule has 1 amide bonds. The minimum absolute atomic E-state index is 0.0508. The first-order valence-corrected chi connectivity index (χ1v) is 12.2. The molecule has 2 heterocycles. The van der Waals surface area contributed by atoms with Crippen LogP contribution in [0.3, 0.4) is 0 Å². The Kier molecular flexibility index (Phi) is 5.89. The number of nitrogens with one attached hydrogen (secondary N) is 2. The number of hydrogen-bond acceptors (Lipinski definition) is 7. The summed E-state index contributed by atoms with van der Waals surface area (Å²) in [6.45, 7) is 1.39. The lowest BCUT2D eigenvalue weighted by molar-refractivity contribution is 0.0789. The number of para-hydroxylation sites is 2. The molecule has 2 aliphatic heterocycles. The quantitative estimate of drug-likeness (QED) is 0.556. The number of amides is 1. The smallest absolute Gasteiger partial charge is 0.262 e. The van der Waals surface area contributed by atoms with Crippen molar-refractivity contribution in [3.8, 4) is 23.0 Å². The van der Waals surface area contributed by atoms with Crippen LogP contribution >= 0.6 is 0 Å². The summed E-state index contributed by atoms with van der Waals surface area (Å²) in [5.74, 6) is 1.91. The zero-order valence-electron chi connectivity index (χ0n) is 18.0. The van der Waals surface area contributed by atoms with Crippen LogP contribution in [0, 0.1) is 0 Å². The summed E-state index contributed by atoms with van der Waals surface area (Å²) in [6, 6.07) is 18.0. The second-order valence-corrected chi connectivity index (χ2v) is 9.38. The molecule has 2 N–H and O–H groups in total. The minimum atomic E-state index is -3.85. The number of carbonyl (C=O) groups is 1. The summed E-state index contributed by atoms with van der Waals surface area (Å²) in [7, 11) is -3.85. The molecule has 0 radical (unpaired) electrons. The second kappa shape index (κ2) is 9.14. The van der Waals surface area contributed by atoms with Crippen LogP contribution < -0.4 is 29.0 Å². The highest BCUT2D eigenvalue weighted by Gasteiger charge is 2.22. The van der Waals surface area contributed by atoms with Gasteiger partial charge >= 0.3 is 0 Å². The molecule has 0 spiro atoms. The summed E-state index contributed by atoms with van der Waals surface area (Å²) in [4.78, 5) is 12.6. The maximum absolute atomic E-state index is 12.8. The van der Waals surface area contributed by atoms with Gasteiger partial charge in [0.1, 0.15) is 25.9 Å². The van der Waals surface area contributed by atoms with E-state index in [1.54, 1.807) is 18.2 Å². The molecule has 0 unspecified atom stereocenters. The van der Waals surface area contributed by atoms with Crippen LogP contribution in [0.2, 0.25) is 0 Å². The van der Waals surface area contributed by atoms with Gasteiger partial charge in [-0.2, -0.15) is 0 Å². The maximum Gasteiger partial charge on any atom is 0.262 e. The minimum Gasteiger partial charge on any atom is -0.486 e. The van der Waals surface area contributed by atoms with Gasteiger partial charge in [0.05, 0.1) is 11.4 Å². The Bertz CT molecular complexity index is 1310. The Morgan fingerprint density at radius 1 is 0.853 bits per heavy atom. The van der Waals surface area contributed by atoms with Crippen molar-refractivity contribution in [2.75, 3.05) is 31.1 Å². The van der Waals surface area contributed by atoms with E-state index in [2.05, 4.69) is 10.0 Å². The SMILES string of the molecule is O=C(NC[C@@H]1COc2ccccc2O1)c1ccc(NS(=O)(=O)c2ccc3c(c2)OCCO3)cc1. The highest BCUT2D eigenvalue weighted by atomic mass is 32.2. The predicted molar refractivity (Wildman–Crippen MR) is 123 cm³/mol. The van der Waals surface area contributed by atoms with E-state index < -0.39 is 10.0 Å². The van der Waals surface area contributed by atoms with E-state index in [4.69, 9.17) is 18.9 Å². The molecule has 3 aromatic rings. The first-order chi connectivity index (χ1) is 16.5. The number of benzene rings is 3. The van der Waals surface area contributed by atoms with E-state index in [1.165, 1.54) is 24.3 Å². The van der Waals surface area contributed by atoms with E-state index in [0.717, 1.165) is 0 Å². The molecule has 3 aromatic carbocycles. The lowest BCUT2D eigenvalue weighted by Gasteiger charge is -2.26. The van der Waals surface area contributed by atoms with E-state index >= 15 is 0 Å². The number of sulfonamides is 1. The van der Waals surface area contributed by atoms with Gasteiger partial charge in [-0.3, -0.25) is 9.52 Å². The predicted octanol–water partition coefficient (Wildman–Crippen LogP) is 2.83. The summed E-state index contributed by atoms with van der Waals surface area (Å²) < 4.78 is 50.4. The van der Waals surface area contributed by atoms with E-state index in [-0.39, 0.29) is 23.5 Å². The van der Waals surface area contributed by atoms with Crippen molar-refractivity contribution in [1.82, 2.24) is 5.32 Å².